The van der Waals surface area contributed by atoms with E-state index in [4.69, 9.17) is 9.24 Å². The zero-order valence-electron chi connectivity index (χ0n) is 9.37. The average Bonchev–Trinajstić information content (AvgIpc) is 2.36. The number of hydrogen-bond donors (Lipinski definition) is 2. The van der Waals surface area contributed by atoms with Crippen LogP contribution in [-0.2, 0) is 49.4 Å². The predicted octanol–water partition coefficient (Wildman–Crippen LogP) is -2.58. The van der Waals surface area contributed by atoms with Gasteiger partial charge in [-0.2, -0.15) is 12.8 Å². The van der Waals surface area contributed by atoms with E-state index < -0.39 is 30.3 Å². The normalized spacial score (nSPS) is 10.5. The monoisotopic (exact) mass is 358 g/mol. The summed E-state index contributed by atoms with van der Waals surface area (Å²) >= 11 is 5.49. The van der Waals surface area contributed by atoms with Gasteiger partial charge in [0.25, 0.3) is 0 Å². The Morgan fingerprint density at radius 3 is 2.28 bits per heavy atom. The first-order valence-electron chi connectivity index (χ1n) is 4.59. The van der Waals surface area contributed by atoms with E-state index in [1.165, 1.54) is 5.32 Å². The van der Waals surface area contributed by atoms with E-state index in [2.05, 4.69) is 30.3 Å². The van der Waals surface area contributed by atoms with Crippen molar-refractivity contribution in [2.75, 3.05) is 18.8 Å². The number of primary amides is 1. The van der Waals surface area contributed by atoms with Gasteiger partial charge in [-0.1, -0.05) is 12.6 Å². The van der Waals surface area contributed by atoms with Crippen molar-refractivity contribution in [3.8, 4) is 0 Å². The number of nitrogens with two attached hydrogens (primary N) is 2. The van der Waals surface area contributed by atoms with Crippen LogP contribution < -0.4 is 11.1 Å². The van der Waals surface area contributed by atoms with Crippen LogP contribution in [0.2, 0.25) is 0 Å². The molecule has 0 fully saturated rings. The van der Waals surface area contributed by atoms with Crippen molar-refractivity contribution < 1.29 is 42.1 Å². The Bertz CT molecular complexity index is 292. The fraction of sp³-hybridized carbons (Fsp3) is 0.500. The summed E-state index contributed by atoms with van der Waals surface area (Å²) in [5.41, 5.74) is 4.94. The molecule has 0 aromatic carbocycles. The second-order valence-corrected chi connectivity index (χ2v) is 3.14. The van der Waals surface area contributed by atoms with Gasteiger partial charge in [0.1, 0.15) is 5.91 Å². The van der Waals surface area contributed by atoms with E-state index in [9.17, 15) is 14.4 Å². The molecule has 0 heterocycles. The summed E-state index contributed by atoms with van der Waals surface area (Å²) in [4.78, 5) is 32.7. The topological polar surface area (TPSA) is 139 Å². The molecule has 18 heavy (non-hydrogen) atoms. The van der Waals surface area contributed by atoms with E-state index >= 15 is 0 Å². The second kappa shape index (κ2) is 12.6. The summed E-state index contributed by atoms with van der Waals surface area (Å²) in [5.74, 6) is -1.99. The van der Waals surface area contributed by atoms with Crippen LogP contribution in [0.5, 0.6) is 0 Å². The molecule has 3 amide bonds. The summed E-state index contributed by atoms with van der Waals surface area (Å²) in [5, 5.41) is 8.24. The van der Waals surface area contributed by atoms with Gasteiger partial charge in [0.05, 0.1) is 6.54 Å². The Balaban J connectivity index is 0. The number of hydrogen-bond acceptors (Lipinski definition) is 5. The summed E-state index contributed by atoms with van der Waals surface area (Å²) in [6, 6.07) is -1.02. The summed E-state index contributed by atoms with van der Waals surface area (Å²) in [6.07, 6.45) is 0. The Morgan fingerprint density at radius 1 is 1.33 bits per heavy atom. The Kier molecular flexibility index (Phi) is 13.7. The minimum absolute atomic E-state index is 0.0631. The van der Waals surface area contributed by atoms with Crippen LogP contribution in [0.25, 0.3) is 10.6 Å². The molecule has 0 rings (SSSR count). The zero-order valence-corrected chi connectivity index (χ0v) is 12.0. The van der Waals surface area contributed by atoms with Crippen molar-refractivity contribution in [2.45, 2.75) is 6.04 Å². The molecule has 0 aliphatic heterocycles. The molecular formula is C8H13N4O4STc. The molecule has 0 aromatic heterocycles. The molecule has 0 aliphatic rings. The molecule has 8 nitrogen and oxygen atoms in total. The maximum atomic E-state index is 11.1. The number of carbonyl (C=O) groups excluding carboxylic acids is 3. The molecule has 0 radical (unpaired) electrons. The Morgan fingerprint density at radius 2 is 1.89 bits per heavy atom. The zero-order chi connectivity index (χ0) is 14.6. The first kappa shape index (κ1) is 19.5. The predicted molar refractivity (Wildman–Crippen MR) is 59.6 cm³/mol. The molecule has 0 aromatic rings. The van der Waals surface area contributed by atoms with Crippen LogP contribution in [0.3, 0.4) is 0 Å². The molecule has 1 unspecified atom stereocenters. The van der Waals surface area contributed by atoms with Gasteiger partial charge in [-0.3, -0.25) is 4.79 Å². The van der Waals surface area contributed by atoms with E-state index in [-0.39, 0.29) is 12.3 Å². The molecule has 0 aliphatic carbocycles. The quantitative estimate of drug-likeness (QED) is 0.380. The van der Waals surface area contributed by atoms with Crippen molar-refractivity contribution in [2.24, 2.45) is 5.73 Å². The fourth-order valence-corrected chi connectivity index (χ4v) is 0.980. The first-order valence-corrected chi connectivity index (χ1v) is 5.92. The van der Waals surface area contributed by atoms with Crippen LogP contribution in [0.1, 0.15) is 0 Å². The Hall–Kier alpha value is -0.831. The van der Waals surface area contributed by atoms with E-state index in [1.54, 1.807) is 0 Å². The minimum atomic E-state index is -1.02. The van der Waals surface area contributed by atoms with Gasteiger partial charge in [-0.05, 0) is 0 Å². The van der Waals surface area contributed by atoms with Crippen LogP contribution in [-0.4, -0.2) is 42.6 Å². The molecule has 1 atom stereocenters. The second-order valence-electron chi connectivity index (χ2n) is 2.81. The molecule has 0 saturated carbocycles. The van der Waals surface area contributed by atoms with Crippen LogP contribution in [0.15, 0.2) is 0 Å². The van der Waals surface area contributed by atoms with E-state index in [0.717, 1.165) is 18.9 Å². The van der Waals surface area contributed by atoms with Gasteiger partial charge in [0.2, 0.25) is 5.91 Å². The average molecular weight is 359 g/mol. The molecule has 0 bridgehead atoms. The van der Waals surface area contributed by atoms with Crippen molar-refractivity contribution in [3.05, 3.63) is 17.7 Å². The molecule has 0 spiro atoms. The van der Waals surface area contributed by atoms with Crippen molar-refractivity contribution >= 4 is 30.4 Å². The van der Waals surface area contributed by atoms with Gasteiger partial charge in [-0.25, -0.2) is 0 Å². The van der Waals surface area contributed by atoms with Crippen LogP contribution >= 0.6 is 0 Å². The van der Waals surface area contributed by atoms with Crippen LogP contribution in [0, 0.1) is 7.05 Å². The van der Waals surface area contributed by atoms with E-state index in [0.29, 0.717) is 0 Å². The molecule has 10 heteroatoms. The van der Waals surface area contributed by atoms with Crippen molar-refractivity contribution in [3.63, 3.8) is 0 Å². The van der Waals surface area contributed by atoms with Crippen molar-refractivity contribution in [1.82, 2.24) is 0 Å². The molecule has 102 valence electrons. The van der Waals surface area contributed by atoms with Crippen LogP contribution in [0.4, 0.5) is 0 Å². The first-order chi connectivity index (χ1) is 8.51. The fourth-order valence-electron chi connectivity index (χ4n) is 0.741. The molecule has 4 N–H and O–H groups in total. The summed E-state index contributed by atoms with van der Waals surface area (Å²) < 4.78 is 8.22. The van der Waals surface area contributed by atoms with Gasteiger partial charge in [0, 0.05) is 5.91 Å². The SMILES string of the molecule is [CH2-][NH2+]CC(=O)[N-]CC(=O)[N-]C(C[S-])C(N)=O.[O]=[Tc+3]. The Labute approximate surface area is 121 Å². The molecular weight excluding hydrogens is 346 g/mol. The number of quaternary nitrogens is 1. The number of carbonyl (C=O) groups is 3. The van der Waals surface area contributed by atoms with Gasteiger partial charge in [-0.15, -0.1) is 0 Å². The van der Waals surface area contributed by atoms with Gasteiger partial charge in [0.15, 0.2) is 0 Å². The number of amides is 3. The van der Waals surface area contributed by atoms with Gasteiger partial charge >= 0.3 is 22.4 Å². The third kappa shape index (κ3) is 10.3. The molecule has 0 saturated heterocycles. The third-order valence-corrected chi connectivity index (χ3v) is 1.81. The standard InChI is InChI=1S/C8H16N4O3S.O.Tc/c1-10-2-6(13)11-3-7(14)12-5(4-16)8(9)15;;/h5H,1-4,10H2,(H5,9,11,12,13,14,15,16);;/q;;+3/p-3. The van der Waals surface area contributed by atoms with Crippen molar-refractivity contribution in [1.29, 1.82) is 0 Å². The van der Waals surface area contributed by atoms with Gasteiger partial charge < -0.3 is 43.9 Å². The number of rotatable bonds is 7. The summed E-state index contributed by atoms with van der Waals surface area (Å²) in [7, 11) is 3.35. The summed E-state index contributed by atoms with van der Waals surface area (Å²) in [6.45, 7) is -0.334. The third-order valence-electron chi connectivity index (χ3n) is 1.50. The van der Waals surface area contributed by atoms with E-state index in [1.807, 2.05) is 0 Å². The maximum absolute atomic E-state index is 11.1. The number of nitrogens with zero attached hydrogens (tertiary/aromatic N) is 2.